The predicted octanol–water partition coefficient (Wildman–Crippen LogP) is 1.88. The van der Waals surface area contributed by atoms with Crippen molar-refractivity contribution < 1.29 is 5.11 Å². The highest BCUT2D eigenvalue weighted by molar-refractivity contribution is 5.26. The highest BCUT2D eigenvalue weighted by Gasteiger charge is 2.24. The molecule has 2 rings (SSSR count). The first-order chi connectivity index (χ1) is 8.61. The lowest BCUT2D eigenvalue weighted by atomic mass is 9.98. The predicted molar refractivity (Wildman–Crippen MR) is 74.1 cm³/mol. The van der Waals surface area contributed by atoms with E-state index in [1.807, 2.05) is 13.0 Å². The van der Waals surface area contributed by atoms with Gasteiger partial charge in [-0.2, -0.15) is 0 Å². The SMILES string of the molecule is CC1(O)CCCN(Cc2ccccc2CN)CC1. The molecule has 3 N–H and O–H groups in total. The third kappa shape index (κ3) is 3.55. The Kier molecular flexibility index (Phi) is 4.38. The molecule has 1 aromatic rings. The van der Waals surface area contributed by atoms with E-state index in [4.69, 9.17) is 5.73 Å². The maximum absolute atomic E-state index is 10.1. The Morgan fingerprint density at radius 3 is 2.67 bits per heavy atom. The molecule has 3 nitrogen and oxygen atoms in total. The van der Waals surface area contributed by atoms with Gasteiger partial charge in [0.15, 0.2) is 0 Å². The lowest BCUT2D eigenvalue weighted by Gasteiger charge is -2.23. The van der Waals surface area contributed by atoms with Crippen molar-refractivity contribution in [1.82, 2.24) is 4.90 Å². The van der Waals surface area contributed by atoms with Crippen LogP contribution in [-0.4, -0.2) is 28.7 Å². The van der Waals surface area contributed by atoms with E-state index in [1.165, 1.54) is 11.1 Å². The fourth-order valence-electron chi connectivity index (χ4n) is 2.63. The summed E-state index contributed by atoms with van der Waals surface area (Å²) in [5.41, 5.74) is 7.84. The average Bonchev–Trinajstić information content (AvgIpc) is 2.52. The molecule has 0 bridgehead atoms. The fourth-order valence-corrected chi connectivity index (χ4v) is 2.63. The third-order valence-corrected chi connectivity index (χ3v) is 3.89. The van der Waals surface area contributed by atoms with E-state index in [2.05, 4.69) is 23.1 Å². The van der Waals surface area contributed by atoms with Crippen LogP contribution in [0.1, 0.15) is 37.3 Å². The Balaban J connectivity index is 2.01. The Morgan fingerprint density at radius 1 is 1.22 bits per heavy atom. The Bertz CT molecular complexity index is 390. The van der Waals surface area contributed by atoms with Gasteiger partial charge in [0.05, 0.1) is 5.60 Å². The van der Waals surface area contributed by atoms with E-state index < -0.39 is 5.60 Å². The van der Waals surface area contributed by atoms with E-state index in [1.54, 1.807) is 0 Å². The first-order valence-corrected chi connectivity index (χ1v) is 6.82. The van der Waals surface area contributed by atoms with E-state index in [-0.39, 0.29) is 0 Å². The number of nitrogens with zero attached hydrogens (tertiary/aromatic N) is 1. The topological polar surface area (TPSA) is 49.5 Å². The lowest BCUT2D eigenvalue weighted by Crippen LogP contribution is -2.28. The minimum Gasteiger partial charge on any atom is -0.390 e. The summed E-state index contributed by atoms with van der Waals surface area (Å²) in [6, 6.07) is 8.37. The normalized spacial score (nSPS) is 25.9. The molecule has 1 aliphatic rings. The van der Waals surface area contributed by atoms with Crippen molar-refractivity contribution in [1.29, 1.82) is 0 Å². The van der Waals surface area contributed by atoms with Crippen molar-refractivity contribution in [2.45, 2.75) is 44.9 Å². The summed E-state index contributed by atoms with van der Waals surface area (Å²) < 4.78 is 0. The molecule has 0 aliphatic carbocycles. The van der Waals surface area contributed by atoms with Gasteiger partial charge in [-0.3, -0.25) is 4.90 Å². The van der Waals surface area contributed by atoms with Crippen LogP contribution in [0.25, 0.3) is 0 Å². The van der Waals surface area contributed by atoms with Gasteiger partial charge in [0, 0.05) is 19.6 Å². The van der Waals surface area contributed by atoms with E-state index in [9.17, 15) is 5.11 Å². The standard InChI is InChI=1S/C15H24N2O/c1-15(18)7-4-9-17(10-8-15)12-14-6-3-2-5-13(14)11-16/h2-3,5-6,18H,4,7-12,16H2,1H3. The summed E-state index contributed by atoms with van der Waals surface area (Å²) >= 11 is 0. The molecule has 1 aliphatic heterocycles. The third-order valence-electron chi connectivity index (χ3n) is 3.89. The Labute approximate surface area is 110 Å². The molecular formula is C15H24N2O. The second-order valence-electron chi connectivity index (χ2n) is 5.60. The molecule has 0 radical (unpaired) electrons. The maximum Gasteiger partial charge on any atom is 0.0632 e. The zero-order valence-corrected chi connectivity index (χ0v) is 11.2. The minimum atomic E-state index is -0.484. The summed E-state index contributed by atoms with van der Waals surface area (Å²) in [4.78, 5) is 2.43. The van der Waals surface area contributed by atoms with E-state index in [0.29, 0.717) is 6.54 Å². The number of rotatable bonds is 3. The van der Waals surface area contributed by atoms with Crippen LogP contribution >= 0.6 is 0 Å². The summed E-state index contributed by atoms with van der Waals surface area (Å²) in [6.45, 7) is 5.52. The van der Waals surface area contributed by atoms with Gasteiger partial charge in [0.2, 0.25) is 0 Å². The number of hydrogen-bond acceptors (Lipinski definition) is 3. The van der Waals surface area contributed by atoms with Crippen LogP contribution in [0.5, 0.6) is 0 Å². The van der Waals surface area contributed by atoms with Crippen LogP contribution in [0.3, 0.4) is 0 Å². The van der Waals surface area contributed by atoms with Gasteiger partial charge >= 0.3 is 0 Å². The van der Waals surface area contributed by atoms with Crippen LogP contribution in [0.4, 0.5) is 0 Å². The molecule has 0 spiro atoms. The first-order valence-electron chi connectivity index (χ1n) is 6.82. The van der Waals surface area contributed by atoms with Gasteiger partial charge in [0.1, 0.15) is 0 Å². The smallest absolute Gasteiger partial charge is 0.0632 e. The molecule has 1 aromatic carbocycles. The maximum atomic E-state index is 10.1. The largest absolute Gasteiger partial charge is 0.390 e. The van der Waals surface area contributed by atoms with Gasteiger partial charge in [-0.25, -0.2) is 0 Å². The molecule has 1 heterocycles. The number of benzene rings is 1. The molecule has 0 aromatic heterocycles. The molecule has 0 saturated carbocycles. The number of likely N-dealkylation sites (tertiary alicyclic amines) is 1. The van der Waals surface area contributed by atoms with Crippen molar-refractivity contribution in [2.24, 2.45) is 5.73 Å². The van der Waals surface area contributed by atoms with Crippen molar-refractivity contribution in [2.75, 3.05) is 13.1 Å². The summed E-state index contributed by atoms with van der Waals surface area (Å²) in [5.74, 6) is 0. The van der Waals surface area contributed by atoms with Crippen LogP contribution in [0.15, 0.2) is 24.3 Å². The average molecular weight is 248 g/mol. The molecule has 18 heavy (non-hydrogen) atoms. The summed E-state index contributed by atoms with van der Waals surface area (Å²) in [7, 11) is 0. The molecule has 3 heteroatoms. The van der Waals surface area contributed by atoms with Gasteiger partial charge in [-0.15, -0.1) is 0 Å². The molecule has 1 fully saturated rings. The van der Waals surface area contributed by atoms with Crippen LogP contribution in [0, 0.1) is 0 Å². The van der Waals surface area contributed by atoms with Crippen LogP contribution < -0.4 is 5.73 Å². The minimum absolute atomic E-state index is 0.484. The molecule has 0 amide bonds. The number of hydrogen-bond donors (Lipinski definition) is 2. The molecule has 1 atom stereocenters. The Morgan fingerprint density at radius 2 is 1.94 bits per heavy atom. The molecule has 100 valence electrons. The van der Waals surface area contributed by atoms with Gasteiger partial charge in [-0.1, -0.05) is 24.3 Å². The summed E-state index contributed by atoms with van der Waals surface area (Å²) in [6.07, 6.45) is 2.83. The van der Waals surface area contributed by atoms with E-state index >= 15 is 0 Å². The highest BCUT2D eigenvalue weighted by atomic mass is 16.3. The van der Waals surface area contributed by atoms with E-state index in [0.717, 1.165) is 38.9 Å². The monoisotopic (exact) mass is 248 g/mol. The lowest BCUT2D eigenvalue weighted by molar-refractivity contribution is 0.0444. The van der Waals surface area contributed by atoms with Gasteiger partial charge < -0.3 is 10.8 Å². The molecular weight excluding hydrogens is 224 g/mol. The number of nitrogens with two attached hydrogens (primary N) is 1. The quantitative estimate of drug-likeness (QED) is 0.858. The zero-order valence-electron chi connectivity index (χ0n) is 11.2. The van der Waals surface area contributed by atoms with Crippen LogP contribution in [-0.2, 0) is 13.1 Å². The fraction of sp³-hybridized carbons (Fsp3) is 0.600. The second-order valence-corrected chi connectivity index (χ2v) is 5.60. The van der Waals surface area contributed by atoms with Crippen molar-refractivity contribution in [3.05, 3.63) is 35.4 Å². The van der Waals surface area contributed by atoms with Crippen molar-refractivity contribution >= 4 is 0 Å². The number of aliphatic hydroxyl groups is 1. The molecule has 1 saturated heterocycles. The van der Waals surface area contributed by atoms with Gasteiger partial charge in [-0.05, 0) is 43.9 Å². The second kappa shape index (κ2) is 5.83. The highest BCUT2D eigenvalue weighted by Crippen LogP contribution is 2.23. The van der Waals surface area contributed by atoms with Crippen molar-refractivity contribution in [3.63, 3.8) is 0 Å². The van der Waals surface area contributed by atoms with Gasteiger partial charge in [0.25, 0.3) is 0 Å². The first kappa shape index (κ1) is 13.5. The zero-order chi connectivity index (χ0) is 13.0. The Hall–Kier alpha value is -0.900. The van der Waals surface area contributed by atoms with Crippen molar-refractivity contribution in [3.8, 4) is 0 Å². The summed E-state index contributed by atoms with van der Waals surface area (Å²) in [5, 5.41) is 10.1. The van der Waals surface area contributed by atoms with Crippen LogP contribution in [0.2, 0.25) is 0 Å². The molecule has 1 unspecified atom stereocenters.